The Morgan fingerprint density at radius 1 is 1.50 bits per heavy atom. The van der Waals surface area contributed by atoms with Gasteiger partial charge in [0.2, 0.25) is 5.91 Å². The summed E-state index contributed by atoms with van der Waals surface area (Å²) in [6.07, 6.45) is 4.60. The van der Waals surface area contributed by atoms with E-state index in [0.717, 1.165) is 12.6 Å². The highest BCUT2D eigenvalue weighted by Gasteiger charge is 2.18. The molecular formula is C10H20N2OSi. The lowest BCUT2D eigenvalue weighted by atomic mass is 10.3. The predicted molar refractivity (Wildman–Crippen MR) is 61.6 cm³/mol. The molecule has 0 spiro atoms. The van der Waals surface area contributed by atoms with Gasteiger partial charge in [-0.25, -0.2) is 0 Å². The van der Waals surface area contributed by atoms with Crippen LogP contribution in [0.25, 0.3) is 0 Å². The van der Waals surface area contributed by atoms with Gasteiger partial charge < -0.3 is 10.2 Å². The first-order valence-electron chi connectivity index (χ1n) is 5.15. The van der Waals surface area contributed by atoms with Crippen molar-refractivity contribution in [2.24, 2.45) is 0 Å². The summed E-state index contributed by atoms with van der Waals surface area (Å²) in [4.78, 5) is 13.6. The highest BCUT2D eigenvalue weighted by molar-refractivity contribution is 6.76. The molecule has 0 atom stereocenters. The minimum atomic E-state index is -1.07. The van der Waals surface area contributed by atoms with Crippen LogP contribution < -0.4 is 5.32 Å². The third-order valence-corrected chi connectivity index (χ3v) is 4.04. The molecule has 1 amide bonds. The van der Waals surface area contributed by atoms with Gasteiger partial charge in [-0.15, -0.1) is 0 Å². The van der Waals surface area contributed by atoms with Crippen LogP contribution in [0.5, 0.6) is 0 Å². The Labute approximate surface area is 87.2 Å². The van der Waals surface area contributed by atoms with E-state index in [4.69, 9.17) is 0 Å². The van der Waals surface area contributed by atoms with Crippen molar-refractivity contribution in [2.45, 2.75) is 32.1 Å². The normalized spacial score (nSPS) is 16.6. The van der Waals surface area contributed by atoms with Crippen molar-refractivity contribution in [3.05, 3.63) is 12.3 Å². The highest BCUT2D eigenvalue weighted by Crippen LogP contribution is 2.12. The van der Waals surface area contributed by atoms with Gasteiger partial charge in [-0.05, 0) is 18.3 Å². The van der Waals surface area contributed by atoms with E-state index in [9.17, 15) is 4.79 Å². The number of rotatable bonds is 3. The fraction of sp³-hybridized carbons (Fsp3) is 0.700. The first-order chi connectivity index (χ1) is 6.49. The summed E-state index contributed by atoms with van der Waals surface area (Å²) in [6, 6.07) is 1.09. The maximum absolute atomic E-state index is 11.7. The van der Waals surface area contributed by atoms with E-state index in [1.54, 1.807) is 0 Å². The molecule has 0 unspecified atom stereocenters. The number of nitrogens with one attached hydrogen (secondary N) is 1. The number of carbonyl (C=O) groups is 1. The van der Waals surface area contributed by atoms with Gasteiger partial charge >= 0.3 is 0 Å². The Balaban J connectivity index is 2.31. The Morgan fingerprint density at radius 3 is 2.71 bits per heavy atom. The van der Waals surface area contributed by atoms with Gasteiger partial charge in [0, 0.05) is 21.0 Å². The van der Waals surface area contributed by atoms with Crippen LogP contribution in [-0.4, -0.2) is 32.1 Å². The van der Waals surface area contributed by atoms with Gasteiger partial charge in [0.1, 0.15) is 0 Å². The van der Waals surface area contributed by atoms with Crippen molar-refractivity contribution >= 4 is 14.0 Å². The predicted octanol–water partition coefficient (Wildman–Crippen LogP) is 1.62. The van der Waals surface area contributed by atoms with Gasteiger partial charge in [0.05, 0.1) is 6.67 Å². The molecule has 0 aromatic carbocycles. The van der Waals surface area contributed by atoms with Crippen molar-refractivity contribution in [1.29, 1.82) is 0 Å². The van der Waals surface area contributed by atoms with Gasteiger partial charge in [0.15, 0.2) is 0 Å². The van der Waals surface area contributed by atoms with E-state index in [2.05, 4.69) is 25.0 Å². The van der Waals surface area contributed by atoms with Gasteiger partial charge in [0.25, 0.3) is 0 Å². The van der Waals surface area contributed by atoms with Gasteiger partial charge in [-0.3, -0.25) is 4.79 Å². The molecule has 1 rings (SSSR count). The van der Waals surface area contributed by atoms with E-state index in [1.165, 1.54) is 0 Å². The third kappa shape index (κ3) is 3.96. The average Bonchev–Trinajstić information content (AvgIpc) is 2.14. The number of amides is 1. The summed E-state index contributed by atoms with van der Waals surface area (Å²) in [5, 5.41) is 3.05. The Morgan fingerprint density at radius 2 is 2.21 bits per heavy atom. The number of hydrogen-bond acceptors (Lipinski definition) is 2. The molecule has 1 heterocycles. The summed E-state index contributed by atoms with van der Waals surface area (Å²) in [7, 11) is -1.07. The molecule has 3 nitrogen and oxygen atoms in total. The quantitative estimate of drug-likeness (QED) is 0.721. The van der Waals surface area contributed by atoms with Crippen LogP contribution >= 0.6 is 0 Å². The minimum Gasteiger partial charge on any atom is -0.374 e. The molecule has 1 N–H and O–H groups in total. The second kappa shape index (κ2) is 4.64. The fourth-order valence-corrected chi connectivity index (χ4v) is 2.28. The molecule has 0 aromatic rings. The van der Waals surface area contributed by atoms with Crippen molar-refractivity contribution in [3.63, 3.8) is 0 Å². The molecule has 0 bridgehead atoms. The van der Waals surface area contributed by atoms with Crippen molar-refractivity contribution in [3.8, 4) is 0 Å². The first-order valence-corrected chi connectivity index (χ1v) is 8.86. The van der Waals surface area contributed by atoms with Crippen molar-refractivity contribution in [1.82, 2.24) is 10.2 Å². The molecule has 80 valence electrons. The lowest BCUT2D eigenvalue weighted by Gasteiger charge is -2.25. The Kier molecular flexibility index (Phi) is 3.75. The molecule has 1 aliphatic rings. The summed E-state index contributed by atoms with van der Waals surface area (Å²) < 4.78 is 0. The van der Waals surface area contributed by atoms with E-state index in [1.807, 2.05) is 17.2 Å². The number of hydrogen-bond donors (Lipinski definition) is 1. The molecule has 0 aromatic heterocycles. The zero-order valence-corrected chi connectivity index (χ0v) is 10.3. The van der Waals surface area contributed by atoms with Crippen molar-refractivity contribution < 1.29 is 4.79 Å². The Bertz CT molecular complexity index is 233. The molecular weight excluding hydrogens is 192 g/mol. The maximum atomic E-state index is 11.7. The van der Waals surface area contributed by atoms with E-state index in [-0.39, 0.29) is 5.91 Å². The van der Waals surface area contributed by atoms with Crippen LogP contribution in [0.3, 0.4) is 0 Å². The zero-order chi connectivity index (χ0) is 10.6. The zero-order valence-electron chi connectivity index (χ0n) is 9.34. The van der Waals surface area contributed by atoms with Gasteiger partial charge in [-0.1, -0.05) is 19.6 Å². The molecule has 4 heteroatoms. The topological polar surface area (TPSA) is 32.3 Å². The van der Waals surface area contributed by atoms with E-state index < -0.39 is 8.07 Å². The Hall–Kier alpha value is -0.773. The second-order valence-electron chi connectivity index (χ2n) is 4.94. The lowest BCUT2D eigenvalue weighted by molar-refractivity contribution is -0.130. The first kappa shape index (κ1) is 11.3. The average molecular weight is 212 g/mol. The van der Waals surface area contributed by atoms with Crippen LogP contribution in [0.4, 0.5) is 0 Å². The number of nitrogens with zero attached hydrogens (tertiary/aromatic N) is 1. The third-order valence-electron chi connectivity index (χ3n) is 2.29. The largest absolute Gasteiger partial charge is 0.374 e. The highest BCUT2D eigenvalue weighted by atomic mass is 28.3. The van der Waals surface area contributed by atoms with Crippen LogP contribution in [0.1, 0.15) is 6.42 Å². The van der Waals surface area contributed by atoms with Crippen molar-refractivity contribution in [2.75, 3.05) is 13.2 Å². The van der Waals surface area contributed by atoms with Gasteiger partial charge in [-0.2, -0.15) is 0 Å². The van der Waals surface area contributed by atoms with E-state index >= 15 is 0 Å². The lowest BCUT2D eigenvalue weighted by Crippen LogP contribution is -2.40. The van der Waals surface area contributed by atoms with Crippen LogP contribution in [0.2, 0.25) is 25.7 Å². The smallest absolute Gasteiger partial charge is 0.223 e. The molecule has 0 radical (unpaired) electrons. The fourth-order valence-electron chi connectivity index (χ4n) is 1.32. The minimum absolute atomic E-state index is 0.282. The summed E-state index contributed by atoms with van der Waals surface area (Å²) in [6.45, 7) is 8.33. The summed E-state index contributed by atoms with van der Waals surface area (Å²) in [5.74, 6) is 0.282. The summed E-state index contributed by atoms with van der Waals surface area (Å²) >= 11 is 0. The second-order valence-corrected chi connectivity index (χ2v) is 10.6. The molecule has 0 saturated carbocycles. The number of carbonyl (C=O) groups excluding carboxylic acids is 1. The SMILES string of the molecule is C[Si](C)(C)CCC(=O)N1CC=CNC1. The maximum Gasteiger partial charge on any atom is 0.223 e. The van der Waals surface area contributed by atoms with Crippen LogP contribution in [0.15, 0.2) is 12.3 Å². The molecule has 0 saturated heterocycles. The molecule has 1 aliphatic heterocycles. The molecule has 14 heavy (non-hydrogen) atoms. The van der Waals surface area contributed by atoms with Crippen LogP contribution in [0, 0.1) is 0 Å². The summed E-state index contributed by atoms with van der Waals surface area (Å²) in [5.41, 5.74) is 0. The van der Waals surface area contributed by atoms with E-state index in [0.29, 0.717) is 13.1 Å². The van der Waals surface area contributed by atoms with Crippen LogP contribution in [-0.2, 0) is 4.79 Å². The standard InChI is InChI=1S/C10H20N2OSi/c1-14(2,3)8-5-10(13)12-7-4-6-11-9-12/h4,6,11H,5,7-9H2,1-3H3. The monoisotopic (exact) mass is 212 g/mol. The molecule has 0 fully saturated rings. The molecule has 0 aliphatic carbocycles.